The third-order valence-corrected chi connectivity index (χ3v) is 6.19. The maximum absolute atomic E-state index is 12.9. The molecule has 0 atom stereocenters. The first kappa shape index (κ1) is 20.5. The number of piperazine rings is 1. The summed E-state index contributed by atoms with van der Waals surface area (Å²) in [6.45, 7) is 3.51. The number of amides is 1. The molecule has 4 rings (SSSR count). The molecule has 3 aromatic rings. The molecular formula is C22H27N5O2S+2. The molecule has 4 N–H and O–H groups in total. The number of nitrogens with one attached hydrogen (secondary N) is 1. The zero-order chi connectivity index (χ0) is 21.1. The molecule has 1 aliphatic heterocycles. The summed E-state index contributed by atoms with van der Waals surface area (Å²) in [5.41, 5.74) is 5.13. The number of nitrogens with two attached hydrogens (primary N) is 1. The van der Waals surface area contributed by atoms with Crippen LogP contribution in [0.5, 0.6) is 0 Å². The van der Waals surface area contributed by atoms with Gasteiger partial charge in [0.25, 0.3) is 5.91 Å². The molecule has 2 heterocycles. The van der Waals surface area contributed by atoms with Crippen molar-refractivity contribution in [2.75, 3.05) is 45.6 Å². The smallest absolute Gasteiger partial charge is 0.254 e. The predicted octanol–water partition coefficient (Wildman–Crippen LogP) is 2.67. The highest BCUT2D eigenvalue weighted by atomic mass is 32.1. The van der Waals surface area contributed by atoms with Crippen molar-refractivity contribution in [3.8, 4) is 11.3 Å². The molecule has 8 heteroatoms. The highest BCUT2D eigenvalue weighted by Gasteiger charge is 2.27. The summed E-state index contributed by atoms with van der Waals surface area (Å²) in [5.74, 6) is 0.0789. The highest BCUT2D eigenvalue weighted by Crippen LogP contribution is 2.28. The van der Waals surface area contributed by atoms with Crippen LogP contribution in [0, 0.1) is 0 Å². The van der Waals surface area contributed by atoms with Crippen LogP contribution < -0.4 is 10.8 Å². The van der Waals surface area contributed by atoms with Crippen molar-refractivity contribution in [1.29, 1.82) is 0 Å². The van der Waals surface area contributed by atoms with Gasteiger partial charge in [0.2, 0.25) is 0 Å². The van der Waals surface area contributed by atoms with Gasteiger partial charge in [-0.3, -0.25) is 4.79 Å². The Bertz CT molecular complexity index is 1040. The minimum Gasteiger partial charge on any atom is -0.332 e. The maximum atomic E-state index is 12.9. The number of benzene rings is 2. The molecular weight excluding hydrogens is 398 g/mol. The van der Waals surface area contributed by atoms with Gasteiger partial charge in [-0.2, -0.15) is 5.48 Å². The van der Waals surface area contributed by atoms with Crippen molar-refractivity contribution in [2.24, 2.45) is 0 Å². The first-order valence-electron chi connectivity index (χ1n) is 9.95. The standard InChI is InChI=1S/C22H26N5O2S/c1-27(2)11-9-26(10-12-27)21(28)17-6-4-7-18(14-17)23-22-24-20(15-30-22)16-5-3-8-19(13-16)25-29/h3-8,13-15,25,29H,9-12H2,1-2H3,(H,23,24)/q+1/p+1. The second kappa shape index (κ2) is 8.53. The molecule has 1 amide bonds. The second-order valence-corrected chi connectivity index (χ2v) is 9.03. The molecule has 1 aromatic heterocycles. The summed E-state index contributed by atoms with van der Waals surface area (Å²) in [6, 6.07) is 15.2. The number of hydrogen-bond acceptors (Lipinski definition) is 5. The molecule has 0 bridgehead atoms. The fraction of sp³-hybridized carbons (Fsp3) is 0.273. The van der Waals surface area contributed by atoms with Gasteiger partial charge in [0.1, 0.15) is 0 Å². The third kappa shape index (κ3) is 4.68. The molecule has 1 fully saturated rings. The molecule has 0 unspecified atom stereocenters. The summed E-state index contributed by atoms with van der Waals surface area (Å²) < 4.78 is 0.955. The summed E-state index contributed by atoms with van der Waals surface area (Å²) in [6.07, 6.45) is 0. The molecule has 0 spiro atoms. The van der Waals surface area contributed by atoms with E-state index in [1.165, 1.54) is 11.3 Å². The van der Waals surface area contributed by atoms with Crippen LogP contribution in [-0.4, -0.2) is 65.8 Å². The maximum Gasteiger partial charge on any atom is 0.254 e. The highest BCUT2D eigenvalue weighted by molar-refractivity contribution is 7.14. The Kier molecular flexibility index (Phi) is 5.83. The van der Waals surface area contributed by atoms with Crippen LogP contribution in [0.4, 0.5) is 16.5 Å². The number of thiazole rings is 1. The van der Waals surface area contributed by atoms with Crippen LogP contribution in [0.3, 0.4) is 0 Å². The molecule has 2 aromatic carbocycles. The Balaban J connectivity index is 1.46. The van der Waals surface area contributed by atoms with E-state index in [4.69, 9.17) is 0 Å². The lowest BCUT2D eigenvalue weighted by atomic mass is 10.1. The minimum atomic E-state index is 0.0789. The van der Waals surface area contributed by atoms with E-state index in [9.17, 15) is 10.0 Å². The van der Waals surface area contributed by atoms with E-state index >= 15 is 0 Å². The molecule has 7 nitrogen and oxygen atoms in total. The van der Waals surface area contributed by atoms with Crippen molar-refractivity contribution in [3.05, 3.63) is 59.5 Å². The summed E-state index contributed by atoms with van der Waals surface area (Å²) in [7, 11) is 4.40. The van der Waals surface area contributed by atoms with E-state index in [2.05, 4.69) is 24.4 Å². The van der Waals surface area contributed by atoms with Crippen molar-refractivity contribution < 1.29 is 20.0 Å². The number of anilines is 2. The van der Waals surface area contributed by atoms with Crippen molar-refractivity contribution in [2.45, 2.75) is 0 Å². The Morgan fingerprint density at radius 3 is 2.70 bits per heavy atom. The quantitative estimate of drug-likeness (QED) is 0.333. The van der Waals surface area contributed by atoms with Gasteiger partial charge in [0.05, 0.1) is 46.0 Å². The van der Waals surface area contributed by atoms with Gasteiger partial charge in [-0.25, -0.2) is 10.2 Å². The Morgan fingerprint density at radius 2 is 1.93 bits per heavy atom. The van der Waals surface area contributed by atoms with E-state index in [1.807, 2.05) is 58.8 Å². The van der Waals surface area contributed by atoms with E-state index < -0.39 is 0 Å². The SMILES string of the molecule is C[N+]1(C)CCN(C(=O)c2cccc(Nc3nc(-c4cccc([NH2+]O)c4)cs3)c2)CC1. The molecule has 1 aliphatic rings. The average molecular weight is 426 g/mol. The van der Waals surface area contributed by atoms with Crippen LogP contribution in [0.2, 0.25) is 0 Å². The Hall–Kier alpha value is -2.78. The first-order chi connectivity index (χ1) is 14.4. The van der Waals surface area contributed by atoms with Crippen LogP contribution in [-0.2, 0) is 0 Å². The fourth-order valence-corrected chi connectivity index (χ4v) is 4.23. The van der Waals surface area contributed by atoms with Crippen LogP contribution in [0.1, 0.15) is 10.4 Å². The van der Waals surface area contributed by atoms with E-state index in [0.29, 0.717) is 5.56 Å². The van der Waals surface area contributed by atoms with Crippen LogP contribution in [0.25, 0.3) is 11.3 Å². The summed E-state index contributed by atoms with van der Waals surface area (Å²) in [5, 5.41) is 15.3. The van der Waals surface area contributed by atoms with Gasteiger partial charge in [-0.1, -0.05) is 18.2 Å². The Morgan fingerprint density at radius 1 is 1.17 bits per heavy atom. The van der Waals surface area contributed by atoms with Crippen molar-refractivity contribution >= 4 is 33.8 Å². The monoisotopic (exact) mass is 425 g/mol. The molecule has 0 saturated carbocycles. The third-order valence-electron chi connectivity index (χ3n) is 5.43. The van der Waals surface area contributed by atoms with Crippen LogP contribution in [0.15, 0.2) is 53.9 Å². The number of carbonyl (C=O) groups is 1. The van der Waals surface area contributed by atoms with E-state index in [1.54, 1.807) is 0 Å². The van der Waals surface area contributed by atoms with Crippen molar-refractivity contribution in [3.63, 3.8) is 0 Å². The summed E-state index contributed by atoms with van der Waals surface area (Å²) in [4.78, 5) is 19.5. The zero-order valence-electron chi connectivity index (χ0n) is 17.2. The number of nitrogens with zero attached hydrogens (tertiary/aromatic N) is 3. The predicted molar refractivity (Wildman–Crippen MR) is 118 cm³/mol. The normalized spacial score (nSPS) is 15.8. The number of hydrogen-bond donors (Lipinski definition) is 3. The van der Waals surface area contributed by atoms with Gasteiger partial charge < -0.3 is 14.7 Å². The van der Waals surface area contributed by atoms with E-state index in [0.717, 1.165) is 63.9 Å². The molecule has 0 aliphatic carbocycles. The molecule has 1 saturated heterocycles. The number of rotatable bonds is 5. The number of quaternary nitrogens is 2. The van der Waals surface area contributed by atoms with Gasteiger partial charge in [0, 0.05) is 34.3 Å². The van der Waals surface area contributed by atoms with Gasteiger partial charge in [0.15, 0.2) is 10.8 Å². The fourth-order valence-electron chi connectivity index (χ4n) is 3.49. The molecule has 156 valence electrons. The topological polar surface area (TPSA) is 82.1 Å². The van der Waals surface area contributed by atoms with Gasteiger partial charge >= 0.3 is 0 Å². The molecule has 30 heavy (non-hydrogen) atoms. The Labute approximate surface area is 180 Å². The van der Waals surface area contributed by atoms with Crippen LogP contribution >= 0.6 is 11.3 Å². The number of likely N-dealkylation sites (N-methyl/N-ethyl adjacent to an activating group) is 1. The van der Waals surface area contributed by atoms with E-state index in [-0.39, 0.29) is 5.91 Å². The largest absolute Gasteiger partial charge is 0.332 e. The second-order valence-electron chi connectivity index (χ2n) is 8.17. The van der Waals surface area contributed by atoms with Gasteiger partial charge in [-0.05, 0) is 18.2 Å². The lowest BCUT2D eigenvalue weighted by molar-refractivity contribution is -0.894. The average Bonchev–Trinajstić information content (AvgIpc) is 3.22. The van der Waals surface area contributed by atoms with Crippen molar-refractivity contribution in [1.82, 2.24) is 9.88 Å². The first-order valence-corrected chi connectivity index (χ1v) is 10.8. The van der Waals surface area contributed by atoms with Gasteiger partial charge in [-0.15, -0.1) is 11.3 Å². The lowest BCUT2D eigenvalue weighted by Gasteiger charge is -2.39. The number of aromatic nitrogens is 1. The lowest BCUT2D eigenvalue weighted by Crippen LogP contribution is -2.73. The number of carbonyl (C=O) groups excluding carboxylic acids is 1. The minimum absolute atomic E-state index is 0.0789. The summed E-state index contributed by atoms with van der Waals surface area (Å²) >= 11 is 1.50. The molecule has 0 radical (unpaired) electrons. The zero-order valence-corrected chi connectivity index (χ0v) is 18.0.